The summed E-state index contributed by atoms with van der Waals surface area (Å²) < 4.78 is 5.79. The molecule has 0 spiro atoms. The first-order chi connectivity index (χ1) is 14.0. The lowest BCUT2D eigenvalue weighted by Crippen LogP contribution is -2.62. The summed E-state index contributed by atoms with van der Waals surface area (Å²) in [6.45, 7) is 5.93. The number of aromatic nitrogens is 1. The maximum absolute atomic E-state index is 12.7. The van der Waals surface area contributed by atoms with Gasteiger partial charge < -0.3 is 15.4 Å². The van der Waals surface area contributed by atoms with Crippen LogP contribution >= 0.6 is 0 Å². The van der Waals surface area contributed by atoms with E-state index in [-0.39, 0.29) is 17.9 Å². The van der Waals surface area contributed by atoms with Gasteiger partial charge >= 0.3 is 0 Å². The van der Waals surface area contributed by atoms with Crippen LogP contribution in [0.2, 0.25) is 0 Å². The van der Waals surface area contributed by atoms with Crippen molar-refractivity contribution in [2.24, 2.45) is 5.92 Å². The smallest absolute Gasteiger partial charge is 0.251 e. The molecule has 2 N–H and O–H groups in total. The summed E-state index contributed by atoms with van der Waals surface area (Å²) in [4.78, 5) is 30.4. The number of nitrogens with one attached hydrogen (secondary N) is 2. The summed E-state index contributed by atoms with van der Waals surface area (Å²) in [7, 11) is 0. The molecular formula is C22H26N4O3. The quantitative estimate of drug-likeness (QED) is 0.814. The van der Waals surface area contributed by atoms with E-state index in [0.29, 0.717) is 34.7 Å². The molecule has 29 heavy (non-hydrogen) atoms. The van der Waals surface area contributed by atoms with Crippen LogP contribution in [0.4, 0.5) is 5.69 Å². The summed E-state index contributed by atoms with van der Waals surface area (Å²) in [6.07, 6.45) is 5.44. The third-order valence-corrected chi connectivity index (χ3v) is 5.86. The number of amides is 2. The number of pyridine rings is 1. The van der Waals surface area contributed by atoms with Gasteiger partial charge in [0, 0.05) is 30.6 Å². The number of piperidine rings is 3. The minimum Gasteiger partial charge on any atom is -0.456 e. The van der Waals surface area contributed by atoms with Crippen LogP contribution in [0.3, 0.4) is 0 Å². The molecule has 2 amide bonds. The minimum absolute atomic E-state index is 0.0449. The Morgan fingerprint density at radius 3 is 2.48 bits per heavy atom. The van der Waals surface area contributed by atoms with Gasteiger partial charge in [-0.05, 0) is 63.0 Å². The number of hydrogen-bond acceptors (Lipinski definition) is 5. The zero-order chi connectivity index (χ0) is 20.4. The summed E-state index contributed by atoms with van der Waals surface area (Å²) >= 11 is 0. The van der Waals surface area contributed by atoms with Gasteiger partial charge in [-0.1, -0.05) is 0 Å². The van der Waals surface area contributed by atoms with Gasteiger partial charge in [0.05, 0.1) is 18.1 Å². The Kier molecular flexibility index (Phi) is 5.49. The minimum atomic E-state index is -0.170. The molecule has 1 aromatic carbocycles. The summed E-state index contributed by atoms with van der Waals surface area (Å²) in [6, 6.07) is 9.36. The maximum Gasteiger partial charge on any atom is 0.251 e. The van der Waals surface area contributed by atoms with Crippen LogP contribution in [0.1, 0.15) is 37.0 Å². The lowest BCUT2D eigenvalue weighted by atomic mass is 9.79. The Labute approximate surface area is 170 Å². The molecule has 4 heterocycles. The van der Waals surface area contributed by atoms with Crippen molar-refractivity contribution >= 4 is 17.5 Å². The van der Waals surface area contributed by atoms with E-state index >= 15 is 0 Å². The second-order valence-corrected chi connectivity index (χ2v) is 7.83. The molecule has 5 rings (SSSR count). The second kappa shape index (κ2) is 8.21. The average Bonchev–Trinajstić information content (AvgIpc) is 2.71. The number of nitrogens with zero attached hydrogens (tertiary/aromatic N) is 2. The predicted octanol–water partition coefficient (Wildman–Crippen LogP) is 3.04. The van der Waals surface area contributed by atoms with E-state index in [0.717, 1.165) is 25.9 Å². The third-order valence-electron chi connectivity index (χ3n) is 5.86. The molecule has 2 atom stereocenters. The monoisotopic (exact) mass is 394 g/mol. The Bertz CT molecular complexity index is 889. The van der Waals surface area contributed by atoms with Crippen LogP contribution in [-0.2, 0) is 4.79 Å². The molecule has 152 valence electrons. The number of hydrogen-bond donors (Lipinski definition) is 2. The topological polar surface area (TPSA) is 83.6 Å². The molecule has 2 aromatic rings. The van der Waals surface area contributed by atoms with E-state index in [1.54, 1.807) is 42.7 Å². The Morgan fingerprint density at radius 1 is 1.10 bits per heavy atom. The van der Waals surface area contributed by atoms with Gasteiger partial charge in [0.2, 0.25) is 5.91 Å². The SMILES string of the molecule is CC(=O)Nc1cncc(Oc2ccc(C(=O)N[C@@H]3C4CCN(CC4)[C@@H]3C)cc2)c1. The van der Waals surface area contributed by atoms with Crippen LogP contribution in [0.25, 0.3) is 0 Å². The summed E-state index contributed by atoms with van der Waals surface area (Å²) in [5.41, 5.74) is 1.18. The van der Waals surface area contributed by atoms with Crippen molar-refractivity contribution in [1.29, 1.82) is 0 Å². The van der Waals surface area contributed by atoms with Crippen LogP contribution < -0.4 is 15.4 Å². The average molecular weight is 394 g/mol. The van der Waals surface area contributed by atoms with Gasteiger partial charge in [-0.25, -0.2) is 0 Å². The van der Waals surface area contributed by atoms with Crippen LogP contribution in [-0.4, -0.2) is 46.9 Å². The molecule has 7 nitrogen and oxygen atoms in total. The molecule has 0 aliphatic carbocycles. The van der Waals surface area contributed by atoms with E-state index in [1.807, 2.05) is 0 Å². The van der Waals surface area contributed by atoms with Crippen molar-refractivity contribution in [3.63, 3.8) is 0 Å². The van der Waals surface area contributed by atoms with E-state index in [4.69, 9.17) is 4.74 Å². The number of carbonyl (C=O) groups excluding carboxylic acids is 2. The molecule has 3 aliphatic heterocycles. The largest absolute Gasteiger partial charge is 0.456 e. The first kappa shape index (κ1) is 19.4. The fourth-order valence-corrected chi connectivity index (χ4v) is 4.34. The number of anilines is 1. The van der Waals surface area contributed by atoms with Crippen LogP contribution in [0.5, 0.6) is 11.5 Å². The fraction of sp³-hybridized carbons (Fsp3) is 0.409. The normalized spacial score (nSPS) is 25.3. The van der Waals surface area contributed by atoms with Crippen molar-refractivity contribution in [2.45, 2.75) is 38.8 Å². The van der Waals surface area contributed by atoms with Gasteiger partial charge in [0.15, 0.2) is 0 Å². The number of fused-ring (bicyclic) bond motifs is 3. The number of ether oxygens (including phenoxy) is 1. The first-order valence-electron chi connectivity index (χ1n) is 10.0. The zero-order valence-corrected chi connectivity index (χ0v) is 16.7. The second-order valence-electron chi connectivity index (χ2n) is 7.83. The van der Waals surface area contributed by atoms with E-state index < -0.39 is 0 Å². The zero-order valence-electron chi connectivity index (χ0n) is 16.7. The van der Waals surface area contributed by atoms with E-state index in [9.17, 15) is 9.59 Å². The van der Waals surface area contributed by atoms with Gasteiger partial charge in [0.25, 0.3) is 5.91 Å². The Hall–Kier alpha value is -2.93. The van der Waals surface area contributed by atoms with Crippen molar-refractivity contribution in [3.05, 3.63) is 48.3 Å². The van der Waals surface area contributed by atoms with Crippen LogP contribution in [0.15, 0.2) is 42.7 Å². The molecule has 7 heteroatoms. The lowest BCUT2D eigenvalue weighted by molar-refractivity contribution is -0.114. The lowest BCUT2D eigenvalue weighted by Gasteiger charge is -2.49. The molecule has 0 radical (unpaired) electrons. The van der Waals surface area contributed by atoms with E-state index in [2.05, 4.69) is 27.4 Å². The Morgan fingerprint density at radius 2 is 1.83 bits per heavy atom. The molecule has 2 bridgehead atoms. The highest BCUT2D eigenvalue weighted by Gasteiger charge is 2.40. The Balaban J connectivity index is 1.39. The van der Waals surface area contributed by atoms with Gasteiger partial charge in [-0.15, -0.1) is 0 Å². The van der Waals surface area contributed by atoms with Crippen molar-refractivity contribution in [2.75, 3.05) is 18.4 Å². The highest BCUT2D eigenvalue weighted by molar-refractivity contribution is 5.94. The highest BCUT2D eigenvalue weighted by atomic mass is 16.5. The van der Waals surface area contributed by atoms with Crippen molar-refractivity contribution < 1.29 is 14.3 Å². The van der Waals surface area contributed by atoms with Gasteiger partial charge in [-0.2, -0.15) is 0 Å². The number of carbonyl (C=O) groups is 2. The van der Waals surface area contributed by atoms with Crippen molar-refractivity contribution in [1.82, 2.24) is 15.2 Å². The molecule has 3 aliphatic rings. The maximum atomic E-state index is 12.7. The summed E-state index contributed by atoms with van der Waals surface area (Å²) in [5, 5.41) is 5.91. The van der Waals surface area contributed by atoms with Crippen LogP contribution in [0, 0.1) is 5.92 Å². The van der Waals surface area contributed by atoms with Gasteiger partial charge in [0.1, 0.15) is 11.5 Å². The third kappa shape index (κ3) is 4.40. The predicted molar refractivity (Wildman–Crippen MR) is 110 cm³/mol. The molecule has 3 saturated heterocycles. The number of rotatable bonds is 5. The highest BCUT2D eigenvalue weighted by Crippen LogP contribution is 2.32. The van der Waals surface area contributed by atoms with E-state index in [1.165, 1.54) is 6.92 Å². The molecule has 3 fully saturated rings. The van der Waals surface area contributed by atoms with Crippen molar-refractivity contribution in [3.8, 4) is 11.5 Å². The molecular weight excluding hydrogens is 368 g/mol. The summed E-state index contributed by atoms with van der Waals surface area (Å²) in [5.74, 6) is 1.46. The fourth-order valence-electron chi connectivity index (χ4n) is 4.34. The molecule has 0 unspecified atom stereocenters. The van der Waals surface area contributed by atoms with Gasteiger partial charge in [-0.3, -0.25) is 19.5 Å². The number of benzene rings is 1. The standard InChI is InChI=1S/C22H26N4O3/c1-14-21(16-7-9-26(14)10-8-16)25-22(28)17-3-5-19(6-4-17)29-20-11-18(12-23-13-20)24-15(2)27/h3-6,11-14,16,21H,7-10H2,1-2H3,(H,24,27)(H,25,28)/t14-,21+/m1/s1. The first-order valence-corrected chi connectivity index (χ1v) is 10.0. The molecule has 0 saturated carbocycles. The molecule has 1 aromatic heterocycles.